The van der Waals surface area contributed by atoms with Crippen LogP contribution < -0.4 is 9.47 Å². The molecule has 3 aliphatic heterocycles. The highest BCUT2D eigenvalue weighted by Crippen LogP contribution is 2.55. The summed E-state index contributed by atoms with van der Waals surface area (Å²) in [5.74, 6) is 0.180. The zero-order chi connectivity index (χ0) is 27.3. The number of benzene rings is 1. The van der Waals surface area contributed by atoms with Crippen molar-refractivity contribution in [2.75, 3.05) is 34.1 Å². The van der Waals surface area contributed by atoms with Gasteiger partial charge in [-0.25, -0.2) is 4.79 Å². The summed E-state index contributed by atoms with van der Waals surface area (Å²) < 4.78 is 28.2. The molecule has 1 N–H and O–H groups in total. The molecule has 4 atom stereocenters. The minimum absolute atomic E-state index is 0.0698. The molecule has 1 aliphatic carbocycles. The molecule has 0 amide bonds. The topological polar surface area (TPSA) is 104 Å². The van der Waals surface area contributed by atoms with Gasteiger partial charge in [0.15, 0.2) is 23.2 Å². The molecule has 1 saturated heterocycles. The van der Waals surface area contributed by atoms with E-state index in [0.717, 1.165) is 49.2 Å². The normalized spacial score (nSPS) is 27.4. The fraction of sp³-hybridized carbons (Fsp3) is 0.655. The quantitative estimate of drug-likeness (QED) is 0.532. The van der Waals surface area contributed by atoms with Crippen molar-refractivity contribution in [2.24, 2.45) is 5.41 Å². The largest absolute Gasteiger partial charge is 0.497 e. The summed E-state index contributed by atoms with van der Waals surface area (Å²) in [6.07, 6.45) is 4.18. The molecule has 208 valence electrons. The number of carbonyl (C=O) groups excluding carboxylic acids is 2. The van der Waals surface area contributed by atoms with Gasteiger partial charge in [-0.3, -0.25) is 9.69 Å². The van der Waals surface area contributed by atoms with E-state index in [4.69, 9.17) is 23.7 Å². The van der Waals surface area contributed by atoms with Crippen molar-refractivity contribution >= 4 is 11.9 Å². The Bertz CT molecular complexity index is 1140. The maximum absolute atomic E-state index is 13.8. The molecule has 0 saturated carbocycles. The summed E-state index contributed by atoms with van der Waals surface area (Å²) in [7, 11) is 2.82. The van der Waals surface area contributed by atoms with Crippen LogP contribution >= 0.6 is 0 Å². The van der Waals surface area contributed by atoms with Crippen LogP contribution in [0.5, 0.6) is 11.5 Å². The molecular formula is C29H39NO8. The van der Waals surface area contributed by atoms with Crippen molar-refractivity contribution in [1.29, 1.82) is 0 Å². The SMILES string of the molecule is COC(=O)C[C@](O)(CCC(C)(C)C)C(=O)O[C@@H]1C(OC)=C[C@]23CCCN2CCc2cc4c(cc2[C@H]13)OCO4. The van der Waals surface area contributed by atoms with Crippen LogP contribution in [0.2, 0.25) is 0 Å². The number of ether oxygens (including phenoxy) is 5. The van der Waals surface area contributed by atoms with Crippen LogP contribution in [-0.2, 0) is 30.2 Å². The van der Waals surface area contributed by atoms with Gasteiger partial charge in [0.25, 0.3) is 0 Å². The highest BCUT2D eigenvalue weighted by molar-refractivity contribution is 5.86. The molecule has 4 aliphatic rings. The van der Waals surface area contributed by atoms with E-state index in [1.165, 1.54) is 7.11 Å². The van der Waals surface area contributed by atoms with E-state index in [1.807, 2.05) is 32.9 Å². The first-order valence-corrected chi connectivity index (χ1v) is 13.4. The summed E-state index contributed by atoms with van der Waals surface area (Å²) in [6, 6.07) is 4.05. The average Bonchev–Trinajstić information content (AvgIpc) is 3.56. The first-order valence-electron chi connectivity index (χ1n) is 13.4. The molecular weight excluding hydrogens is 490 g/mol. The van der Waals surface area contributed by atoms with Crippen molar-refractivity contribution in [3.63, 3.8) is 0 Å². The van der Waals surface area contributed by atoms with Crippen molar-refractivity contribution < 1.29 is 38.4 Å². The monoisotopic (exact) mass is 529 g/mol. The summed E-state index contributed by atoms with van der Waals surface area (Å²) >= 11 is 0. The van der Waals surface area contributed by atoms with Crippen molar-refractivity contribution in [2.45, 2.75) is 82.5 Å². The highest BCUT2D eigenvalue weighted by atomic mass is 16.7. The number of hydrogen-bond acceptors (Lipinski definition) is 9. The van der Waals surface area contributed by atoms with Gasteiger partial charge >= 0.3 is 11.9 Å². The molecule has 1 aromatic carbocycles. The first kappa shape index (κ1) is 26.8. The van der Waals surface area contributed by atoms with E-state index in [2.05, 4.69) is 11.0 Å². The second-order valence-electron chi connectivity index (χ2n) is 12.1. The highest BCUT2D eigenvalue weighted by Gasteiger charge is 2.59. The van der Waals surface area contributed by atoms with Gasteiger partial charge in [0.05, 0.1) is 32.1 Å². The molecule has 1 fully saturated rings. The predicted octanol–water partition coefficient (Wildman–Crippen LogP) is 3.47. The van der Waals surface area contributed by atoms with E-state index < -0.39 is 30.1 Å². The predicted molar refractivity (Wildman–Crippen MR) is 138 cm³/mol. The minimum atomic E-state index is -2.02. The molecule has 5 rings (SSSR count). The summed E-state index contributed by atoms with van der Waals surface area (Å²) in [5.41, 5.74) is -0.413. The van der Waals surface area contributed by atoms with Gasteiger partial charge in [0.2, 0.25) is 6.79 Å². The molecule has 0 unspecified atom stereocenters. The number of rotatable bonds is 7. The molecule has 3 heterocycles. The van der Waals surface area contributed by atoms with E-state index in [9.17, 15) is 14.7 Å². The molecule has 1 aromatic rings. The Labute approximate surface area is 224 Å². The van der Waals surface area contributed by atoms with Gasteiger partial charge in [-0.05, 0) is 73.4 Å². The number of methoxy groups -OCH3 is 2. The van der Waals surface area contributed by atoms with Crippen LogP contribution in [0.1, 0.15) is 69.9 Å². The third-order valence-electron chi connectivity index (χ3n) is 8.53. The Kier molecular flexibility index (Phi) is 6.88. The Balaban J connectivity index is 1.53. The lowest BCUT2D eigenvalue weighted by atomic mass is 9.77. The second kappa shape index (κ2) is 9.75. The smallest absolute Gasteiger partial charge is 0.339 e. The van der Waals surface area contributed by atoms with Crippen molar-refractivity contribution in [1.82, 2.24) is 4.90 Å². The Morgan fingerprint density at radius 2 is 1.87 bits per heavy atom. The minimum Gasteiger partial charge on any atom is -0.497 e. The van der Waals surface area contributed by atoms with Gasteiger partial charge in [-0.1, -0.05) is 20.8 Å². The van der Waals surface area contributed by atoms with Crippen LogP contribution in [0.15, 0.2) is 24.0 Å². The molecule has 1 spiro atoms. The fourth-order valence-electron chi connectivity index (χ4n) is 6.47. The lowest BCUT2D eigenvalue weighted by molar-refractivity contribution is -0.179. The number of nitrogens with zero attached hydrogens (tertiary/aromatic N) is 1. The van der Waals surface area contributed by atoms with E-state index in [1.54, 1.807) is 7.11 Å². The Hall–Kier alpha value is -2.78. The lowest BCUT2D eigenvalue weighted by Gasteiger charge is -2.39. The van der Waals surface area contributed by atoms with E-state index >= 15 is 0 Å². The number of hydrogen-bond donors (Lipinski definition) is 1. The summed E-state index contributed by atoms with van der Waals surface area (Å²) in [6.45, 7) is 8.02. The van der Waals surface area contributed by atoms with Gasteiger partial charge in [-0.15, -0.1) is 0 Å². The third kappa shape index (κ3) is 4.64. The number of carbonyl (C=O) groups is 2. The standard InChI is InChI=1S/C29H39NO8/c1-27(2,3)9-10-29(33,16-23(31)35-5)26(32)38-25-22(34-4)15-28-8-6-11-30(28)12-7-18-13-20-21(37-17-36-20)14-19(18)24(25)28/h13-15,24-25,33H,6-12,16-17H2,1-5H3/t24-,25-,28+,29-/m1/s1. The average molecular weight is 530 g/mol. The first-order chi connectivity index (χ1) is 18.0. The van der Waals surface area contributed by atoms with Crippen LogP contribution in [0.4, 0.5) is 0 Å². The fourth-order valence-corrected chi connectivity index (χ4v) is 6.47. The zero-order valence-electron chi connectivity index (χ0n) is 23.0. The molecule has 38 heavy (non-hydrogen) atoms. The van der Waals surface area contributed by atoms with Crippen LogP contribution in [0, 0.1) is 5.41 Å². The van der Waals surface area contributed by atoms with Gasteiger partial charge in [0, 0.05) is 6.54 Å². The van der Waals surface area contributed by atoms with Gasteiger partial charge in [-0.2, -0.15) is 0 Å². The maximum Gasteiger partial charge on any atom is 0.339 e. The lowest BCUT2D eigenvalue weighted by Crippen LogP contribution is -2.49. The van der Waals surface area contributed by atoms with Crippen LogP contribution in [-0.4, -0.2) is 73.3 Å². The molecule has 0 bridgehead atoms. The number of aliphatic hydroxyl groups is 1. The van der Waals surface area contributed by atoms with Gasteiger partial charge < -0.3 is 28.8 Å². The zero-order valence-corrected chi connectivity index (χ0v) is 23.0. The summed E-state index contributed by atoms with van der Waals surface area (Å²) in [5, 5.41) is 11.5. The van der Waals surface area contributed by atoms with Gasteiger partial charge in [0.1, 0.15) is 5.76 Å². The second-order valence-corrected chi connectivity index (χ2v) is 12.1. The van der Waals surface area contributed by atoms with Crippen LogP contribution in [0.3, 0.4) is 0 Å². The molecule has 9 heteroatoms. The van der Waals surface area contributed by atoms with E-state index in [-0.39, 0.29) is 30.1 Å². The molecule has 0 aromatic heterocycles. The van der Waals surface area contributed by atoms with Crippen LogP contribution in [0.25, 0.3) is 0 Å². The third-order valence-corrected chi connectivity index (χ3v) is 8.53. The Morgan fingerprint density at radius 3 is 2.55 bits per heavy atom. The molecule has 0 radical (unpaired) electrons. The maximum atomic E-state index is 13.8. The molecule has 9 nitrogen and oxygen atoms in total. The van der Waals surface area contributed by atoms with Crippen molar-refractivity contribution in [3.05, 3.63) is 35.1 Å². The summed E-state index contributed by atoms with van der Waals surface area (Å²) in [4.78, 5) is 28.5. The van der Waals surface area contributed by atoms with Crippen molar-refractivity contribution in [3.8, 4) is 11.5 Å². The number of fused-ring (bicyclic) bond motifs is 3. The Morgan fingerprint density at radius 1 is 1.13 bits per heavy atom. The van der Waals surface area contributed by atoms with E-state index in [0.29, 0.717) is 17.9 Å². The number of esters is 2.